The zero-order chi connectivity index (χ0) is 9.47. The molecule has 0 radical (unpaired) electrons. The first-order valence-electron chi connectivity index (χ1n) is 4.24. The van der Waals surface area contributed by atoms with Crippen molar-refractivity contribution in [3.63, 3.8) is 0 Å². The lowest BCUT2D eigenvalue weighted by Gasteiger charge is -2.18. The molecule has 0 aliphatic carbocycles. The molecule has 0 aromatic carbocycles. The Bertz CT molecular complexity index is 242. The lowest BCUT2D eigenvalue weighted by molar-refractivity contribution is -0.153. The first-order valence-corrected chi connectivity index (χ1v) is 5.04. The van der Waals surface area contributed by atoms with Gasteiger partial charge in [0.1, 0.15) is 4.62 Å². The second-order valence-electron chi connectivity index (χ2n) is 3.87. The predicted molar refractivity (Wildman–Crippen MR) is 50.8 cm³/mol. The van der Waals surface area contributed by atoms with E-state index in [1.165, 1.54) is 0 Å². The van der Waals surface area contributed by atoms with Crippen LogP contribution >= 0.6 is 15.9 Å². The molecule has 2 aliphatic heterocycles. The Morgan fingerprint density at radius 1 is 1.54 bits per heavy atom. The predicted octanol–water partition coefficient (Wildman–Crippen LogP) is 1.64. The topological polar surface area (TPSA) is 40.0 Å². The number of ether oxygens (including phenoxy) is 2. The van der Waals surface area contributed by atoms with E-state index in [9.17, 15) is 0 Å². The molecule has 13 heavy (non-hydrogen) atoms. The molecule has 2 rings (SSSR count). The van der Waals surface area contributed by atoms with Gasteiger partial charge in [-0.05, 0) is 29.8 Å². The molecule has 2 atom stereocenters. The molecule has 0 amide bonds. The minimum Gasteiger partial charge on any atom is -0.386 e. The summed E-state index contributed by atoms with van der Waals surface area (Å²) in [6.07, 6.45) is 0.339. The van der Waals surface area contributed by atoms with Crippen LogP contribution in [0.2, 0.25) is 0 Å². The number of nitrogens with zero attached hydrogens (tertiary/aromatic N) is 1. The highest BCUT2D eigenvalue weighted by Crippen LogP contribution is 2.29. The van der Waals surface area contributed by atoms with Gasteiger partial charge in [0, 0.05) is 6.42 Å². The number of hydrogen-bond donors (Lipinski definition) is 0. The second-order valence-corrected chi connectivity index (χ2v) is 4.79. The van der Waals surface area contributed by atoms with Gasteiger partial charge in [-0.3, -0.25) is 0 Å². The fourth-order valence-corrected chi connectivity index (χ4v) is 1.76. The zero-order valence-electron chi connectivity index (χ0n) is 7.62. The highest BCUT2D eigenvalue weighted by Gasteiger charge is 2.40. The van der Waals surface area contributed by atoms with Crippen molar-refractivity contribution in [3.05, 3.63) is 0 Å². The monoisotopic (exact) mass is 249 g/mol. The highest BCUT2D eigenvalue weighted by atomic mass is 79.9. The molecule has 74 valence electrons. The average Bonchev–Trinajstić information content (AvgIpc) is 2.56. The van der Waals surface area contributed by atoms with Crippen LogP contribution in [0.15, 0.2) is 5.16 Å². The van der Waals surface area contributed by atoms with Gasteiger partial charge in [0.05, 0.1) is 12.2 Å². The van der Waals surface area contributed by atoms with Gasteiger partial charge in [-0.25, -0.2) is 0 Å². The lowest BCUT2D eigenvalue weighted by Crippen LogP contribution is -2.30. The van der Waals surface area contributed by atoms with E-state index >= 15 is 0 Å². The van der Waals surface area contributed by atoms with Crippen molar-refractivity contribution in [3.8, 4) is 0 Å². The van der Waals surface area contributed by atoms with Crippen LogP contribution in [0.3, 0.4) is 0 Å². The minimum absolute atomic E-state index is 0.101. The molecule has 0 aromatic heterocycles. The molecule has 0 saturated carbocycles. The summed E-state index contributed by atoms with van der Waals surface area (Å²) in [5.74, 6) is 0. The van der Waals surface area contributed by atoms with E-state index < -0.39 is 0 Å². The molecular formula is C8H12BrNO3. The van der Waals surface area contributed by atoms with Crippen LogP contribution in [0.25, 0.3) is 0 Å². The molecule has 2 aliphatic rings. The molecule has 0 aromatic rings. The lowest BCUT2D eigenvalue weighted by atomic mass is 10.2. The molecule has 0 unspecified atom stereocenters. The Kier molecular flexibility index (Phi) is 2.33. The van der Waals surface area contributed by atoms with Crippen LogP contribution in [0.4, 0.5) is 0 Å². The third-order valence-corrected chi connectivity index (χ3v) is 2.46. The first kappa shape index (κ1) is 9.43. The normalized spacial score (nSPS) is 37.3. The first-order chi connectivity index (χ1) is 6.07. The molecular weight excluding hydrogens is 238 g/mol. The van der Waals surface area contributed by atoms with Crippen molar-refractivity contribution in [2.75, 3.05) is 6.61 Å². The fourth-order valence-electron chi connectivity index (χ4n) is 1.36. The van der Waals surface area contributed by atoms with Crippen LogP contribution in [0.1, 0.15) is 20.3 Å². The van der Waals surface area contributed by atoms with Gasteiger partial charge in [-0.2, -0.15) is 0 Å². The van der Waals surface area contributed by atoms with E-state index in [0.29, 0.717) is 6.61 Å². The summed E-state index contributed by atoms with van der Waals surface area (Å²) < 4.78 is 11.9. The summed E-state index contributed by atoms with van der Waals surface area (Å²) in [7, 11) is 0. The van der Waals surface area contributed by atoms with Crippen molar-refractivity contribution >= 4 is 20.6 Å². The summed E-state index contributed by atoms with van der Waals surface area (Å²) in [5.41, 5.74) is -0.205. The molecule has 4 nitrogen and oxygen atoms in total. The standard InChI is InChI=1S/C8H12BrNO3/c1-8(2)4-11-7(12-8)5-3-6(9)10-13-5/h5,7H,3-4H2,1-2H3/t5-,7+/m1/s1. The van der Waals surface area contributed by atoms with Crippen LogP contribution in [-0.4, -0.2) is 29.2 Å². The van der Waals surface area contributed by atoms with Crippen molar-refractivity contribution < 1.29 is 14.3 Å². The zero-order valence-corrected chi connectivity index (χ0v) is 9.20. The van der Waals surface area contributed by atoms with Gasteiger partial charge in [0.15, 0.2) is 12.4 Å². The average molecular weight is 250 g/mol. The highest BCUT2D eigenvalue weighted by molar-refractivity contribution is 9.18. The summed E-state index contributed by atoms with van der Waals surface area (Å²) >= 11 is 3.27. The molecule has 1 fully saturated rings. The number of oxime groups is 1. The smallest absolute Gasteiger partial charge is 0.198 e. The third-order valence-electron chi connectivity index (χ3n) is 1.99. The number of hydrogen-bond acceptors (Lipinski definition) is 4. The van der Waals surface area contributed by atoms with E-state index in [1.807, 2.05) is 13.8 Å². The van der Waals surface area contributed by atoms with E-state index in [2.05, 4.69) is 21.1 Å². The van der Waals surface area contributed by atoms with Gasteiger partial charge >= 0.3 is 0 Å². The van der Waals surface area contributed by atoms with Crippen LogP contribution < -0.4 is 0 Å². The fraction of sp³-hybridized carbons (Fsp3) is 0.875. The van der Waals surface area contributed by atoms with Crippen molar-refractivity contribution in [2.45, 2.75) is 38.3 Å². The Morgan fingerprint density at radius 2 is 2.31 bits per heavy atom. The van der Waals surface area contributed by atoms with Gasteiger partial charge in [-0.15, -0.1) is 0 Å². The molecule has 5 heteroatoms. The second kappa shape index (κ2) is 3.22. The number of rotatable bonds is 1. The van der Waals surface area contributed by atoms with Crippen LogP contribution in [0.5, 0.6) is 0 Å². The largest absolute Gasteiger partial charge is 0.386 e. The van der Waals surface area contributed by atoms with E-state index in [1.54, 1.807) is 0 Å². The molecule has 2 heterocycles. The van der Waals surface area contributed by atoms with Crippen molar-refractivity contribution in [1.82, 2.24) is 0 Å². The van der Waals surface area contributed by atoms with E-state index in [-0.39, 0.29) is 18.0 Å². The third kappa shape index (κ3) is 2.03. The van der Waals surface area contributed by atoms with Crippen molar-refractivity contribution in [2.24, 2.45) is 5.16 Å². The van der Waals surface area contributed by atoms with E-state index in [0.717, 1.165) is 11.0 Å². The maximum atomic E-state index is 5.64. The minimum atomic E-state index is -0.284. The van der Waals surface area contributed by atoms with Gasteiger partial charge in [0.25, 0.3) is 0 Å². The maximum Gasteiger partial charge on any atom is 0.198 e. The number of halogens is 1. The van der Waals surface area contributed by atoms with Gasteiger partial charge in [-0.1, -0.05) is 5.16 Å². The maximum absolute atomic E-state index is 5.64. The SMILES string of the molecule is CC1(C)CO[C@H]([C@H]2CC(Br)=NO2)O1. The molecule has 1 saturated heterocycles. The Balaban J connectivity index is 1.91. The quantitative estimate of drug-likeness (QED) is 0.710. The Labute approximate surface area is 85.3 Å². The molecule has 0 bridgehead atoms. The Morgan fingerprint density at radius 3 is 2.77 bits per heavy atom. The van der Waals surface area contributed by atoms with Crippen LogP contribution in [0, 0.1) is 0 Å². The summed E-state index contributed by atoms with van der Waals surface area (Å²) in [4.78, 5) is 5.13. The van der Waals surface area contributed by atoms with Crippen LogP contribution in [-0.2, 0) is 14.3 Å². The van der Waals surface area contributed by atoms with Gasteiger partial charge < -0.3 is 14.3 Å². The summed E-state index contributed by atoms with van der Waals surface area (Å²) in [5, 5.41) is 3.78. The van der Waals surface area contributed by atoms with E-state index in [4.69, 9.17) is 14.3 Å². The Hall–Kier alpha value is -0.130. The molecule has 0 N–H and O–H groups in total. The van der Waals surface area contributed by atoms with Gasteiger partial charge in [0.2, 0.25) is 0 Å². The molecule has 0 spiro atoms. The van der Waals surface area contributed by atoms with Crippen molar-refractivity contribution in [1.29, 1.82) is 0 Å². The summed E-state index contributed by atoms with van der Waals surface area (Å²) in [6, 6.07) is 0. The summed E-state index contributed by atoms with van der Waals surface area (Å²) in [6.45, 7) is 4.60.